The number of para-hydroxylation sites is 1. The van der Waals surface area contributed by atoms with Gasteiger partial charge in [-0.25, -0.2) is 0 Å². The zero-order valence-corrected chi connectivity index (χ0v) is 11.5. The van der Waals surface area contributed by atoms with Crippen molar-refractivity contribution in [2.45, 2.75) is 31.9 Å². The number of fused-ring (bicyclic) bond motifs is 1. The summed E-state index contributed by atoms with van der Waals surface area (Å²) in [6.07, 6.45) is 4.08. The fraction of sp³-hybridized carbons (Fsp3) is 0.500. The molecule has 1 aliphatic rings. The van der Waals surface area contributed by atoms with Crippen molar-refractivity contribution in [3.63, 3.8) is 0 Å². The molecule has 3 heteroatoms. The molecule has 0 spiro atoms. The highest BCUT2D eigenvalue weighted by Gasteiger charge is 2.16. The Morgan fingerprint density at radius 2 is 2.16 bits per heavy atom. The molecule has 3 rings (SSSR count). The number of likely N-dealkylation sites (N-methyl/N-ethyl adjacent to an activating group) is 1. The fourth-order valence-electron chi connectivity index (χ4n) is 2.74. The Bertz CT molecular complexity index is 495. The number of hydrogen-bond acceptors (Lipinski definition) is 3. The van der Waals surface area contributed by atoms with Gasteiger partial charge in [-0.2, -0.15) is 0 Å². The Morgan fingerprint density at radius 1 is 1.26 bits per heavy atom. The van der Waals surface area contributed by atoms with E-state index in [0.29, 0.717) is 6.10 Å². The van der Waals surface area contributed by atoms with Gasteiger partial charge in [-0.1, -0.05) is 18.2 Å². The van der Waals surface area contributed by atoms with Crippen LogP contribution in [0.1, 0.15) is 25.0 Å². The molecule has 0 radical (unpaired) electrons. The van der Waals surface area contributed by atoms with Crippen molar-refractivity contribution in [1.29, 1.82) is 0 Å². The largest absolute Gasteiger partial charge is 0.460 e. The van der Waals surface area contributed by atoms with Crippen molar-refractivity contribution in [3.05, 3.63) is 36.1 Å². The molecule has 1 saturated heterocycles. The predicted molar refractivity (Wildman–Crippen MR) is 76.1 cm³/mol. The minimum atomic E-state index is 0.392. The maximum Gasteiger partial charge on any atom is 0.134 e. The molecule has 0 N–H and O–H groups in total. The van der Waals surface area contributed by atoms with Crippen LogP contribution in [0.4, 0.5) is 0 Å². The van der Waals surface area contributed by atoms with Gasteiger partial charge in [0.05, 0.1) is 12.6 Å². The van der Waals surface area contributed by atoms with E-state index in [9.17, 15) is 0 Å². The molecular weight excluding hydrogens is 238 g/mol. The topological polar surface area (TPSA) is 25.6 Å². The zero-order valence-electron chi connectivity index (χ0n) is 11.5. The van der Waals surface area contributed by atoms with Crippen LogP contribution >= 0.6 is 0 Å². The van der Waals surface area contributed by atoms with Gasteiger partial charge in [0.25, 0.3) is 0 Å². The highest BCUT2D eigenvalue weighted by Crippen LogP contribution is 2.20. The molecule has 0 saturated carbocycles. The van der Waals surface area contributed by atoms with Crippen LogP contribution in [-0.2, 0) is 11.3 Å². The van der Waals surface area contributed by atoms with E-state index in [1.165, 1.54) is 24.6 Å². The molecule has 1 aromatic heterocycles. The number of rotatable bonds is 4. The number of hydrogen-bond donors (Lipinski definition) is 0. The summed E-state index contributed by atoms with van der Waals surface area (Å²) in [6, 6.07) is 10.3. The summed E-state index contributed by atoms with van der Waals surface area (Å²) in [6.45, 7) is 2.74. The Balaban J connectivity index is 1.60. The number of ether oxygens (including phenoxy) is 1. The van der Waals surface area contributed by atoms with Gasteiger partial charge in [-0.3, -0.25) is 4.90 Å². The van der Waals surface area contributed by atoms with Crippen LogP contribution in [0.15, 0.2) is 34.7 Å². The number of nitrogens with zero attached hydrogens (tertiary/aromatic N) is 1. The normalized spacial score (nSPS) is 20.2. The molecule has 1 aromatic carbocycles. The summed E-state index contributed by atoms with van der Waals surface area (Å²) in [5, 5.41) is 1.18. The average molecular weight is 259 g/mol. The van der Waals surface area contributed by atoms with Crippen molar-refractivity contribution >= 4 is 11.0 Å². The van der Waals surface area contributed by atoms with Crippen LogP contribution in [0.2, 0.25) is 0 Å². The lowest BCUT2D eigenvalue weighted by atomic mass is 10.1. The van der Waals surface area contributed by atoms with Crippen LogP contribution in [0, 0.1) is 0 Å². The third-order valence-electron chi connectivity index (χ3n) is 3.69. The Kier molecular flexibility index (Phi) is 3.85. The highest BCUT2D eigenvalue weighted by molar-refractivity contribution is 5.77. The van der Waals surface area contributed by atoms with Gasteiger partial charge >= 0.3 is 0 Å². The Morgan fingerprint density at radius 3 is 2.95 bits per heavy atom. The van der Waals surface area contributed by atoms with Crippen LogP contribution in [0.25, 0.3) is 11.0 Å². The van der Waals surface area contributed by atoms with E-state index >= 15 is 0 Å². The van der Waals surface area contributed by atoms with E-state index in [0.717, 1.165) is 31.0 Å². The molecule has 2 heterocycles. The molecule has 0 bridgehead atoms. The van der Waals surface area contributed by atoms with Gasteiger partial charge in [-0.15, -0.1) is 0 Å². The SMILES string of the molecule is CN(Cc1cc2ccccc2o1)C[C@H]1CCCCO1. The molecule has 0 amide bonds. The molecule has 1 atom stereocenters. The molecule has 0 unspecified atom stereocenters. The minimum absolute atomic E-state index is 0.392. The van der Waals surface area contributed by atoms with Crippen LogP contribution in [-0.4, -0.2) is 31.2 Å². The second-order valence-electron chi connectivity index (χ2n) is 5.44. The maximum absolute atomic E-state index is 5.85. The molecule has 1 fully saturated rings. The van der Waals surface area contributed by atoms with Gasteiger partial charge < -0.3 is 9.15 Å². The third-order valence-corrected chi connectivity index (χ3v) is 3.69. The second kappa shape index (κ2) is 5.76. The Labute approximate surface area is 114 Å². The van der Waals surface area contributed by atoms with E-state index in [1.54, 1.807) is 0 Å². The van der Waals surface area contributed by atoms with E-state index in [-0.39, 0.29) is 0 Å². The van der Waals surface area contributed by atoms with Crippen LogP contribution in [0.3, 0.4) is 0 Å². The third kappa shape index (κ3) is 3.17. The predicted octanol–water partition coefficient (Wildman–Crippen LogP) is 3.43. The first kappa shape index (κ1) is 12.7. The summed E-state index contributed by atoms with van der Waals surface area (Å²) < 4.78 is 11.6. The highest BCUT2D eigenvalue weighted by atomic mass is 16.5. The summed E-state index contributed by atoms with van der Waals surface area (Å²) in [7, 11) is 2.13. The first-order valence-corrected chi connectivity index (χ1v) is 7.09. The van der Waals surface area contributed by atoms with E-state index in [2.05, 4.69) is 24.1 Å². The molecule has 1 aliphatic heterocycles. The summed E-state index contributed by atoms with van der Waals surface area (Å²) in [4.78, 5) is 2.29. The van der Waals surface area contributed by atoms with Gasteiger partial charge in [0.2, 0.25) is 0 Å². The lowest BCUT2D eigenvalue weighted by molar-refractivity contribution is -0.00332. The first-order valence-electron chi connectivity index (χ1n) is 7.09. The molecule has 19 heavy (non-hydrogen) atoms. The molecule has 2 aromatic rings. The molecular formula is C16H21NO2. The van der Waals surface area contributed by atoms with Gasteiger partial charge in [0.15, 0.2) is 0 Å². The van der Waals surface area contributed by atoms with Crippen LogP contribution in [0.5, 0.6) is 0 Å². The lowest BCUT2D eigenvalue weighted by Crippen LogP contribution is -2.32. The van der Waals surface area contributed by atoms with Gasteiger partial charge in [-0.05, 0) is 38.4 Å². The van der Waals surface area contributed by atoms with Crippen molar-refractivity contribution in [3.8, 4) is 0 Å². The molecule has 102 valence electrons. The summed E-state index contributed by atoms with van der Waals surface area (Å²) >= 11 is 0. The molecule has 3 nitrogen and oxygen atoms in total. The van der Waals surface area contributed by atoms with Crippen molar-refractivity contribution in [1.82, 2.24) is 4.90 Å². The van der Waals surface area contributed by atoms with E-state index in [4.69, 9.17) is 9.15 Å². The first-order chi connectivity index (χ1) is 9.31. The van der Waals surface area contributed by atoms with E-state index < -0.39 is 0 Å². The fourth-order valence-corrected chi connectivity index (χ4v) is 2.74. The standard InChI is InChI=1S/C16H21NO2/c1-17(11-14-7-4-5-9-18-14)12-15-10-13-6-2-3-8-16(13)19-15/h2-3,6,8,10,14H,4-5,7,9,11-12H2,1H3/t14-/m1/s1. The molecule has 0 aliphatic carbocycles. The minimum Gasteiger partial charge on any atom is -0.460 e. The summed E-state index contributed by atoms with van der Waals surface area (Å²) in [5.41, 5.74) is 0.972. The number of furan rings is 1. The smallest absolute Gasteiger partial charge is 0.134 e. The quantitative estimate of drug-likeness (QED) is 0.841. The Hall–Kier alpha value is -1.32. The van der Waals surface area contributed by atoms with Gasteiger partial charge in [0.1, 0.15) is 11.3 Å². The van der Waals surface area contributed by atoms with Gasteiger partial charge in [0, 0.05) is 18.5 Å². The monoisotopic (exact) mass is 259 g/mol. The average Bonchev–Trinajstić information content (AvgIpc) is 2.81. The number of benzene rings is 1. The zero-order chi connectivity index (χ0) is 13.1. The van der Waals surface area contributed by atoms with Crippen molar-refractivity contribution in [2.75, 3.05) is 20.2 Å². The lowest BCUT2D eigenvalue weighted by Gasteiger charge is -2.26. The van der Waals surface area contributed by atoms with E-state index in [1.807, 2.05) is 18.2 Å². The summed E-state index contributed by atoms with van der Waals surface area (Å²) in [5.74, 6) is 1.03. The van der Waals surface area contributed by atoms with Crippen molar-refractivity contribution < 1.29 is 9.15 Å². The van der Waals surface area contributed by atoms with Crippen LogP contribution < -0.4 is 0 Å². The second-order valence-corrected chi connectivity index (χ2v) is 5.44. The van der Waals surface area contributed by atoms with Crippen molar-refractivity contribution in [2.24, 2.45) is 0 Å². The maximum atomic E-state index is 5.85.